The molecule has 0 spiro atoms. The number of rotatable bonds is 3. The Kier molecular flexibility index (Phi) is 4.05. The summed E-state index contributed by atoms with van der Waals surface area (Å²) in [6.07, 6.45) is -4.36. The lowest BCUT2D eigenvalue weighted by molar-refractivity contribution is -0.115. The third-order valence-corrected chi connectivity index (χ3v) is 2.16. The second-order valence-corrected chi connectivity index (χ2v) is 3.97. The maximum atomic E-state index is 12.1. The summed E-state index contributed by atoms with van der Waals surface area (Å²) in [4.78, 5) is 13.0. The number of benzene rings is 1. The molecule has 1 amide bonds. The lowest BCUT2D eigenvalue weighted by Gasteiger charge is -2.16. The molecule has 0 aliphatic heterocycles. The Labute approximate surface area is 103 Å². The van der Waals surface area contributed by atoms with Gasteiger partial charge in [-0.2, -0.15) is 13.2 Å². The minimum atomic E-state index is -4.36. The zero-order valence-corrected chi connectivity index (χ0v) is 10.0. The number of carbonyl (C=O) groups excluding carboxylic acids is 1. The van der Waals surface area contributed by atoms with Crippen LogP contribution < -0.4 is 11.1 Å². The molecule has 18 heavy (non-hydrogen) atoms. The molecule has 0 bridgehead atoms. The van der Waals surface area contributed by atoms with Crippen molar-refractivity contribution in [3.8, 4) is 0 Å². The lowest BCUT2D eigenvalue weighted by atomic mass is 10.1. The molecule has 0 aromatic heterocycles. The van der Waals surface area contributed by atoms with Gasteiger partial charge in [-0.15, -0.1) is 0 Å². The first-order valence-corrected chi connectivity index (χ1v) is 5.12. The SMILES string of the molecule is CN(C)C(=O)c1ccc(N)cc1NCC(F)(F)F. The number of nitrogens with zero attached hydrogens (tertiary/aromatic N) is 1. The molecule has 1 aromatic rings. The van der Waals surface area contributed by atoms with Crippen LogP contribution in [0.15, 0.2) is 18.2 Å². The van der Waals surface area contributed by atoms with Crippen molar-refractivity contribution in [2.24, 2.45) is 0 Å². The number of halogens is 3. The van der Waals surface area contributed by atoms with Gasteiger partial charge in [0, 0.05) is 25.5 Å². The molecule has 4 nitrogen and oxygen atoms in total. The van der Waals surface area contributed by atoms with Crippen LogP contribution >= 0.6 is 0 Å². The molecule has 0 heterocycles. The average molecular weight is 261 g/mol. The van der Waals surface area contributed by atoms with Gasteiger partial charge in [-0.3, -0.25) is 4.79 Å². The molecule has 3 N–H and O–H groups in total. The number of hydrogen-bond donors (Lipinski definition) is 2. The largest absolute Gasteiger partial charge is 0.405 e. The van der Waals surface area contributed by atoms with Gasteiger partial charge >= 0.3 is 6.18 Å². The van der Waals surface area contributed by atoms with Crippen LogP contribution in [-0.4, -0.2) is 37.6 Å². The van der Waals surface area contributed by atoms with E-state index in [0.717, 1.165) is 0 Å². The molecule has 7 heteroatoms. The summed E-state index contributed by atoms with van der Waals surface area (Å²) in [6.45, 7) is -1.22. The molecule has 0 radical (unpaired) electrons. The highest BCUT2D eigenvalue weighted by atomic mass is 19.4. The maximum Gasteiger partial charge on any atom is 0.405 e. The highest BCUT2D eigenvalue weighted by Gasteiger charge is 2.27. The molecule has 0 aliphatic carbocycles. The summed E-state index contributed by atoms with van der Waals surface area (Å²) in [5, 5.41) is 2.18. The van der Waals surface area contributed by atoms with E-state index in [-0.39, 0.29) is 22.8 Å². The number of alkyl halides is 3. The van der Waals surface area contributed by atoms with Crippen LogP contribution in [0.4, 0.5) is 24.5 Å². The van der Waals surface area contributed by atoms with Crippen LogP contribution in [0.2, 0.25) is 0 Å². The highest BCUT2D eigenvalue weighted by Crippen LogP contribution is 2.23. The summed E-state index contributed by atoms with van der Waals surface area (Å²) in [6, 6.07) is 4.17. The summed E-state index contributed by atoms with van der Waals surface area (Å²) in [7, 11) is 3.04. The fraction of sp³-hybridized carbons (Fsp3) is 0.364. The number of hydrogen-bond acceptors (Lipinski definition) is 3. The van der Waals surface area contributed by atoms with Crippen molar-refractivity contribution in [3.63, 3.8) is 0 Å². The van der Waals surface area contributed by atoms with Crippen molar-refractivity contribution in [1.29, 1.82) is 0 Å². The number of nitrogens with two attached hydrogens (primary N) is 1. The average Bonchev–Trinajstić information content (AvgIpc) is 2.24. The second-order valence-electron chi connectivity index (χ2n) is 3.97. The highest BCUT2D eigenvalue weighted by molar-refractivity contribution is 6.00. The number of nitrogens with one attached hydrogen (secondary N) is 1. The first-order chi connectivity index (χ1) is 8.20. The van der Waals surface area contributed by atoms with Gasteiger partial charge in [0.15, 0.2) is 0 Å². The normalized spacial score (nSPS) is 11.2. The van der Waals surface area contributed by atoms with Crippen molar-refractivity contribution in [2.75, 3.05) is 31.7 Å². The number of amides is 1. The van der Waals surface area contributed by atoms with E-state index in [4.69, 9.17) is 5.73 Å². The number of nitrogen functional groups attached to an aromatic ring is 1. The first-order valence-electron chi connectivity index (χ1n) is 5.12. The first kappa shape index (κ1) is 14.1. The van der Waals surface area contributed by atoms with Gasteiger partial charge in [0.1, 0.15) is 6.54 Å². The Balaban J connectivity index is 3.01. The predicted octanol–water partition coefficient (Wildman–Crippen LogP) is 1.94. The molecule has 0 atom stereocenters. The fourth-order valence-corrected chi connectivity index (χ4v) is 1.33. The Bertz CT molecular complexity index is 444. The summed E-state index contributed by atoms with van der Waals surface area (Å²) >= 11 is 0. The number of anilines is 2. The quantitative estimate of drug-likeness (QED) is 0.817. The van der Waals surface area contributed by atoms with Gasteiger partial charge in [0.05, 0.1) is 5.56 Å². The van der Waals surface area contributed by atoms with Gasteiger partial charge in [-0.1, -0.05) is 0 Å². The third kappa shape index (κ3) is 3.83. The second kappa shape index (κ2) is 5.16. The molecule has 0 aliphatic rings. The molecule has 0 fully saturated rings. The van der Waals surface area contributed by atoms with Crippen LogP contribution in [0.3, 0.4) is 0 Å². The van der Waals surface area contributed by atoms with Crippen molar-refractivity contribution in [2.45, 2.75) is 6.18 Å². The topological polar surface area (TPSA) is 58.4 Å². The van der Waals surface area contributed by atoms with Crippen LogP contribution in [0.25, 0.3) is 0 Å². The smallest absolute Gasteiger partial charge is 0.399 e. The molecule has 0 saturated carbocycles. The van der Waals surface area contributed by atoms with Crippen LogP contribution in [-0.2, 0) is 0 Å². The van der Waals surface area contributed by atoms with Crippen LogP contribution in [0.5, 0.6) is 0 Å². The monoisotopic (exact) mass is 261 g/mol. The molecule has 100 valence electrons. The standard InChI is InChI=1S/C11H14F3N3O/c1-17(2)10(18)8-4-3-7(15)5-9(8)16-6-11(12,13)14/h3-5,16H,6,15H2,1-2H3. The zero-order valence-electron chi connectivity index (χ0n) is 10.0. The Morgan fingerprint density at radius 3 is 2.50 bits per heavy atom. The Morgan fingerprint density at radius 1 is 1.39 bits per heavy atom. The summed E-state index contributed by atoms with van der Waals surface area (Å²) in [5.74, 6) is -0.389. The zero-order chi connectivity index (χ0) is 13.9. The van der Waals surface area contributed by atoms with E-state index < -0.39 is 12.7 Å². The number of carbonyl (C=O) groups is 1. The Hall–Kier alpha value is -1.92. The van der Waals surface area contributed by atoms with E-state index in [0.29, 0.717) is 0 Å². The van der Waals surface area contributed by atoms with Crippen LogP contribution in [0.1, 0.15) is 10.4 Å². The summed E-state index contributed by atoms with van der Waals surface area (Å²) in [5.41, 5.74) is 6.01. The van der Waals surface area contributed by atoms with E-state index >= 15 is 0 Å². The molecule has 1 aromatic carbocycles. The van der Waals surface area contributed by atoms with E-state index in [1.165, 1.54) is 37.2 Å². The van der Waals surface area contributed by atoms with Gasteiger partial charge in [0.25, 0.3) is 5.91 Å². The van der Waals surface area contributed by atoms with Crippen LogP contribution in [0, 0.1) is 0 Å². The maximum absolute atomic E-state index is 12.1. The molecule has 1 rings (SSSR count). The fourth-order valence-electron chi connectivity index (χ4n) is 1.33. The molecular formula is C11H14F3N3O. The van der Waals surface area contributed by atoms with E-state index in [1.54, 1.807) is 0 Å². The van der Waals surface area contributed by atoms with Gasteiger partial charge in [-0.05, 0) is 18.2 Å². The predicted molar refractivity (Wildman–Crippen MR) is 63.4 cm³/mol. The Morgan fingerprint density at radius 2 is 2.00 bits per heavy atom. The minimum absolute atomic E-state index is 0.0750. The van der Waals surface area contributed by atoms with Gasteiger partial charge in [0.2, 0.25) is 0 Å². The third-order valence-electron chi connectivity index (χ3n) is 2.16. The van der Waals surface area contributed by atoms with Gasteiger partial charge < -0.3 is 16.0 Å². The molecule has 0 unspecified atom stereocenters. The molecular weight excluding hydrogens is 247 g/mol. The van der Waals surface area contributed by atoms with Gasteiger partial charge in [-0.25, -0.2) is 0 Å². The van der Waals surface area contributed by atoms with E-state index in [9.17, 15) is 18.0 Å². The van der Waals surface area contributed by atoms with E-state index in [1.807, 2.05) is 0 Å². The lowest BCUT2D eigenvalue weighted by Crippen LogP contribution is -2.26. The van der Waals surface area contributed by atoms with Crippen molar-refractivity contribution >= 4 is 17.3 Å². The minimum Gasteiger partial charge on any atom is -0.399 e. The van der Waals surface area contributed by atoms with Crippen molar-refractivity contribution in [1.82, 2.24) is 4.90 Å². The van der Waals surface area contributed by atoms with E-state index in [2.05, 4.69) is 5.32 Å². The van der Waals surface area contributed by atoms with Crippen molar-refractivity contribution < 1.29 is 18.0 Å². The molecule has 0 saturated heterocycles. The summed E-state index contributed by atoms with van der Waals surface area (Å²) < 4.78 is 36.4. The van der Waals surface area contributed by atoms with Crippen molar-refractivity contribution in [3.05, 3.63) is 23.8 Å².